The normalized spacial score (nSPS) is 10.0. The van der Waals surface area contributed by atoms with Crippen LogP contribution in [0.15, 0.2) is 70.9 Å². The molecule has 0 unspecified atom stereocenters. The van der Waals surface area contributed by atoms with Crippen LogP contribution in [0.1, 0.15) is 0 Å². The van der Waals surface area contributed by atoms with Crippen molar-refractivity contribution in [3.05, 3.63) is 72.1 Å². The summed E-state index contributed by atoms with van der Waals surface area (Å²) in [7, 11) is 0. The van der Waals surface area contributed by atoms with Crippen molar-refractivity contribution in [2.45, 2.75) is 0 Å². The number of hydrogen-bond donors (Lipinski definition) is 0. The number of rotatable bonds is 6. The average molecular weight is 268 g/mol. The summed E-state index contributed by atoms with van der Waals surface area (Å²) in [6.45, 7) is 8.43. The second-order valence-electron chi connectivity index (χ2n) is 4.19. The summed E-state index contributed by atoms with van der Waals surface area (Å²) in [6, 6.07) is 11.1. The van der Waals surface area contributed by atoms with Gasteiger partial charge in [-0.05, 0) is 0 Å². The molecule has 0 bridgehead atoms. The molecule has 4 nitrogen and oxygen atoms in total. The fourth-order valence-corrected chi connectivity index (χ4v) is 1.81. The molecule has 0 radical (unpaired) electrons. The van der Waals surface area contributed by atoms with E-state index in [1.165, 1.54) is 6.07 Å². The first-order valence-electron chi connectivity index (χ1n) is 6.29. The topological polar surface area (TPSA) is 46.3 Å². The summed E-state index contributed by atoms with van der Waals surface area (Å²) >= 11 is 0. The van der Waals surface area contributed by atoms with Crippen LogP contribution in [0, 0.1) is 0 Å². The van der Waals surface area contributed by atoms with E-state index < -0.39 is 0 Å². The van der Waals surface area contributed by atoms with Crippen LogP contribution in [0.4, 0.5) is 6.01 Å². The molecule has 0 aliphatic carbocycles. The molecule has 20 heavy (non-hydrogen) atoms. The van der Waals surface area contributed by atoms with E-state index in [-0.39, 0.29) is 11.6 Å². The van der Waals surface area contributed by atoms with E-state index >= 15 is 0 Å². The van der Waals surface area contributed by atoms with E-state index in [1.807, 2.05) is 30.3 Å². The molecule has 0 saturated heterocycles. The molecule has 1 aromatic carbocycles. The van der Waals surface area contributed by atoms with Gasteiger partial charge in [-0.25, -0.2) is 0 Å². The lowest BCUT2D eigenvalue weighted by atomic mass is 10.2. The second-order valence-corrected chi connectivity index (χ2v) is 4.19. The maximum Gasteiger partial charge on any atom is 0.301 e. The Hall–Kier alpha value is -2.62. The Bertz CT molecular complexity index is 637. The molecule has 4 heteroatoms. The highest BCUT2D eigenvalue weighted by atomic mass is 16.4. The van der Waals surface area contributed by atoms with Crippen molar-refractivity contribution in [3.8, 4) is 11.3 Å². The number of benzene rings is 1. The van der Waals surface area contributed by atoms with Gasteiger partial charge in [-0.1, -0.05) is 42.5 Å². The minimum atomic E-state index is -0.330. The average Bonchev–Trinajstić information content (AvgIpc) is 2.47. The second kappa shape index (κ2) is 6.52. The highest BCUT2D eigenvalue weighted by molar-refractivity contribution is 5.57. The van der Waals surface area contributed by atoms with Crippen molar-refractivity contribution in [1.29, 1.82) is 0 Å². The molecule has 0 N–H and O–H groups in total. The lowest BCUT2D eigenvalue weighted by Crippen LogP contribution is -2.26. The van der Waals surface area contributed by atoms with Gasteiger partial charge in [-0.3, -0.25) is 4.79 Å². The largest absolute Gasteiger partial charge is 0.425 e. The van der Waals surface area contributed by atoms with Crippen LogP contribution in [0.25, 0.3) is 11.3 Å². The van der Waals surface area contributed by atoms with Gasteiger partial charge in [0.25, 0.3) is 5.56 Å². The Balaban J connectivity index is 2.45. The van der Waals surface area contributed by atoms with Gasteiger partial charge in [0.2, 0.25) is 0 Å². The van der Waals surface area contributed by atoms with Crippen molar-refractivity contribution in [1.82, 2.24) is 4.98 Å². The Morgan fingerprint density at radius 3 is 2.40 bits per heavy atom. The Morgan fingerprint density at radius 1 is 1.15 bits per heavy atom. The smallest absolute Gasteiger partial charge is 0.301 e. The molecular weight excluding hydrogens is 252 g/mol. The van der Waals surface area contributed by atoms with Crippen LogP contribution in [0.3, 0.4) is 0 Å². The van der Waals surface area contributed by atoms with Gasteiger partial charge < -0.3 is 9.32 Å². The Labute approximate surface area is 117 Å². The van der Waals surface area contributed by atoms with E-state index in [0.29, 0.717) is 18.8 Å². The van der Waals surface area contributed by atoms with Crippen molar-refractivity contribution in [2.24, 2.45) is 0 Å². The third-order valence-electron chi connectivity index (χ3n) is 2.69. The van der Waals surface area contributed by atoms with E-state index in [1.54, 1.807) is 17.1 Å². The molecule has 1 aromatic heterocycles. The fraction of sp³-hybridized carbons (Fsp3) is 0.125. The summed E-state index contributed by atoms with van der Waals surface area (Å²) in [4.78, 5) is 17.4. The molecule has 1 heterocycles. The van der Waals surface area contributed by atoms with E-state index in [0.717, 1.165) is 5.56 Å². The zero-order valence-corrected chi connectivity index (χ0v) is 11.2. The highest BCUT2D eigenvalue weighted by Crippen LogP contribution is 2.21. The van der Waals surface area contributed by atoms with Gasteiger partial charge in [-0.2, -0.15) is 4.98 Å². The van der Waals surface area contributed by atoms with E-state index in [9.17, 15) is 4.79 Å². The highest BCUT2D eigenvalue weighted by Gasteiger charge is 2.11. The van der Waals surface area contributed by atoms with E-state index in [4.69, 9.17) is 4.42 Å². The lowest BCUT2D eigenvalue weighted by Gasteiger charge is -2.18. The van der Waals surface area contributed by atoms with Crippen molar-refractivity contribution >= 4 is 6.01 Å². The van der Waals surface area contributed by atoms with Crippen LogP contribution < -0.4 is 10.5 Å². The van der Waals surface area contributed by atoms with Crippen LogP contribution in [-0.4, -0.2) is 18.1 Å². The Kier molecular flexibility index (Phi) is 4.50. The maximum atomic E-state index is 11.7. The lowest BCUT2D eigenvalue weighted by molar-refractivity contribution is 0.529. The SMILES string of the molecule is C=CCN(CC=C)c1nc(=O)cc(-c2ccccc2)o1. The summed E-state index contributed by atoms with van der Waals surface area (Å²) in [5, 5.41) is 0. The first kappa shape index (κ1) is 13.8. The molecule has 102 valence electrons. The molecular formula is C16H16N2O2. The molecule has 0 amide bonds. The minimum Gasteiger partial charge on any atom is -0.425 e. The number of hydrogen-bond acceptors (Lipinski definition) is 4. The van der Waals surface area contributed by atoms with Gasteiger partial charge in [0.05, 0.1) is 0 Å². The maximum absolute atomic E-state index is 11.7. The van der Waals surface area contributed by atoms with Gasteiger partial charge in [0, 0.05) is 24.7 Å². The van der Waals surface area contributed by atoms with Crippen LogP contribution >= 0.6 is 0 Å². The molecule has 0 saturated carbocycles. The molecule has 2 aromatic rings. The number of aromatic nitrogens is 1. The molecule has 2 rings (SSSR count). The third-order valence-corrected chi connectivity index (χ3v) is 2.69. The molecule has 0 aliphatic heterocycles. The summed E-state index contributed by atoms with van der Waals surface area (Å²) in [5.74, 6) is 0.499. The van der Waals surface area contributed by atoms with Gasteiger partial charge in [0.1, 0.15) is 5.76 Å². The third kappa shape index (κ3) is 3.23. The predicted molar refractivity (Wildman–Crippen MR) is 80.8 cm³/mol. The summed E-state index contributed by atoms with van der Waals surface area (Å²) in [5.41, 5.74) is 0.508. The monoisotopic (exact) mass is 268 g/mol. The first-order valence-corrected chi connectivity index (χ1v) is 6.29. The van der Waals surface area contributed by atoms with E-state index in [2.05, 4.69) is 18.1 Å². The zero-order chi connectivity index (χ0) is 14.4. The number of anilines is 1. The number of nitrogens with zero attached hydrogens (tertiary/aromatic N) is 2. The zero-order valence-electron chi connectivity index (χ0n) is 11.2. The van der Waals surface area contributed by atoms with Gasteiger partial charge >= 0.3 is 6.01 Å². The van der Waals surface area contributed by atoms with Gasteiger partial charge in [0.15, 0.2) is 0 Å². The fourth-order valence-electron chi connectivity index (χ4n) is 1.81. The first-order chi connectivity index (χ1) is 9.74. The molecule has 0 fully saturated rings. The minimum absolute atomic E-state index is 0.274. The van der Waals surface area contributed by atoms with Crippen molar-refractivity contribution < 1.29 is 4.42 Å². The molecule has 0 aliphatic rings. The predicted octanol–water partition coefficient (Wildman–Crippen LogP) is 2.88. The van der Waals surface area contributed by atoms with Crippen LogP contribution in [0.5, 0.6) is 0 Å². The van der Waals surface area contributed by atoms with Crippen molar-refractivity contribution in [3.63, 3.8) is 0 Å². The summed E-state index contributed by atoms with van der Waals surface area (Å²) in [6.07, 6.45) is 3.45. The van der Waals surface area contributed by atoms with Gasteiger partial charge in [-0.15, -0.1) is 13.2 Å². The Morgan fingerprint density at radius 2 is 1.80 bits per heavy atom. The molecule has 0 atom stereocenters. The van der Waals surface area contributed by atoms with Crippen molar-refractivity contribution in [2.75, 3.05) is 18.0 Å². The van der Waals surface area contributed by atoms with Crippen LogP contribution in [-0.2, 0) is 0 Å². The standard InChI is InChI=1S/C16H16N2O2/c1-3-10-18(11-4-2)16-17-15(19)12-14(20-16)13-8-6-5-7-9-13/h3-9,12H,1-2,10-11H2. The molecule has 0 spiro atoms. The van der Waals surface area contributed by atoms with Crippen LogP contribution in [0.2, 0.25) is 0 Å². The quantitative estimate of drug-likeness (QED) is 0.756. The summed E-state index contributed by atoms with van der Waals surface area (Å²) < 4.78 is 5.73.